The number of nitrogens with zero attached hydrogens (tertiary/aromatic N) is 1. The zero-order chi connectivity index (χ0) is 15.6. The molecule has 8 heteroatoms. The fraction of sp³-hybridized carbons (Fsp3) is 0.846. The van der Waals surface area contributed by atoms with E-state index in [1.807, 2.05) is 0 Å². The van der Waals surface area contributed by atoms with Crippen LogP contribution in [0, 0.1) is 11.8 Å². The highest BCUT2D eigenvalue weighted by Gasteiger charge is 2.42. The summed E-state index contributed by atoms with van der Waals surface area (Å²) in [5.41, 5.74) is 0. The molecule has 2 unspecified atom stereocenters. The molecule has 1 saturated heterocycles. The summed E-state index contributed by atoms with van der Waals surface area (Å²) in [4.78, 5) is 23.0. The normalized spacial score (nSPS) is 27.9. The van der Waals surface area contributed by atoms with Crippen molar-refractivity contribution >= 4 is 21.9 Å². The van der Waals surface area contributed by atoms with Crippen molar-refractivity contribution < 1.29 is 23.1 Å². The van der Waals surface area contributed by atoms with Crippen LogP contribution in [0.2, 0.25) is 0 Å². The smallest absolute Gasteiger partial charge is 0.307 e. The van der Waals surface area contributed by atoms with Crippen LogP contribution in [0.25, 0.3) is 0 Å². The molecule has 21 heavy (non-hydrogen) atoms. The molecule has 1 saturated carbocycles. The van der Waals surface area contributed by atoms with Crippen LogP contribution >= 0.6 is 0 Å². The molecule has 1 aliphatic carbocycles. The lowest BCUT2D eigenvalue weighted by atomic mass is 9.73. The highest BCUT2D eigenvalue weighted by atomic mass is 32.2. The highest BCUT2D eigenvalue weighted by Crippen LogP contribution is 2.34. The summed E-state index contributed by atoms with van der Waals surface area (Å²) in [6, 6.07) is -0.0594. The molecular formula is C13H22N2O5S. The maximum absolute atomic E-state index is 12.0. The zero-order valence-corrected chi connectivity index (χ0v) is 12.9. The summed E-state index contributed by atoms with van der Waals surface area (Å²) in [5, 5.41) is 11.8. The Morgan fingerprint density at radius 2 is 1.71 bits per heavy atom. The number of amides is 1. The Morgan fingerprint density at radius 1 is 1.14 bits per heavy atom. The largest absolute Gasteiger partial charge is 0.481 e. The topological polar surface area (TPSA) is 104 Å². The highest BCUT2D eigenvalue weighted by molar-refractivity contribution is 7.89. The summed E-state index contributed by atoms with van der Waals surface area (Å²) in [5.74, 6) is -2.02. The summed E-state index contributed by atoms with van der Waals surface area (Å²) >= 11 is 0. The number of piperidine rings is 1. The molecule has 0 radical (unpaired) electrons. The number of carboxylic acids is 1. The Bertz CT molecular complexity index is 511. The van der Waals surface area contributed by atoms with Crippen molar-refractivity contribution in [3.8, 4) is 0 Å². The Kier molecular flexibility index (Phi) is 4.88. The molecular weight excluding hydrogens is 296 g/mol. The summed E-state index contributed by atoms with van der Waals surface area (Å²) in [6.45, 7) is 2.44. The van der Waals surface area contributed by atoms with E-state index in [1.165, 1.54) is 4.31 Å². The quantitative estimate of drug-likeness (QED) is 0.744. The molecule has 120 valence electrons. The van der Waals surface area contributed by atoms with Crippen molar-refractivity contribution in [1.29, 1.82) is 0 Å². The average Bonchev–Trinajstić information content (AvgIpc) is 2.37. The van der Waals surface area contributed by atoms with Crippen LogP contribution < -0.4 is 5.32 Å². The van der Waals surface area contributed by atoms with E-state index >= 15 is 0 Å². The number of sulfonamides is 1. The van der Waals surface area contributed by atoms with Crippen LogP contribution in [-0.2, 0) is 19.6 Å². The third-order valence-corrected chi connectivity index (χ3v) is 6.37. The van der Waals surface area contributed by atoms with Gasteiger partial charge in [0.25, 0.3) is 0 Å². The monoisotopic (exact) mass is 318 g/mol. The van der Waals surface area contributed by atoms with Gasteiger partial charge >= 0.3 is 5.97 Å². The summed E-state index contributed by atoms with van der Waals surface area (Å²) in [6.07, 6.45) is 2.33. The standard InChI is InChI=1S/C13H22N2O5S/c1-2-21(19,20)15-7-5-9(6-8-15)14-12(16)10-3-4-11(10)13(17)18/h9-11H,2-8H2,1H3,(H,14,16)(H,17,18). The van der Waals surface area contributed by atoms with Crippen molar-refractivity contribution in [1.82, 2.24) is 9.62 Å². The number of rotatable bonds is 5. The van der Waals surface area contributed by atoms with Gasteiger partial charge in [-0.05, 0) is 32.6 Å². The molecule has 2 fully saturated rings. The molecule has 2 N–H and O–H groups in total. The van der Waals surface area contributed by atoms with Gasteiger partial charge in [0.1, 0.15) is 0 Å². The van der Waals surface area contributed by atoms with Crippen LogP contribution in [0.3, 0.4) is 0 Å². The first-order valence-electron chi connectivity index (χ1n) is 7.36. The first-order valence-corrected chi connectivity index (χ1v) is 8.97. The lowest BCUT2D eigenvalue weighted by molar-refractivity contribution is -0.153. The minimum Gasteiger partial charge on any atom is -0.481 e. The van der Waals surface area contributed by atoms with Crippen LogP contribution in [0.5, 0.6) is 0 Å². The lowest BCUT2D eigenvalue weighted by Crippen LogP contribution is -2.51. The minimum atomic E-state index is -3.16. The Balaban J connectivity index is 1.81. The van der Waals surface area contributed by atoms with E-state index in [0.717, 1.165) is 0 Å². The van der Waals surface area contributed by atoms with Crippen LogP contribution in [-0.4, -0.2) is 54.6 Å². The number of hydrogen-bond acceptors (Lipinski definition) is 4. The first kappa shape index (κ1) is 16.2. The van der Waals surface area contributed by atoms with Gasteiger partial charge in [0.2, 0.25) is 15.9 Å². The summed E-state index contributed by atoms with van der Waals surface area (Å²) in [7, 11) is -3.16. The second kappa shape index (κ2) is 6.31. The van der Waals surface area contributed by atoms with Gasteiger partial charge in [0.15, 0.2) is 0 Å². The number of nitrogens with one attached hydrogen (secondary N) is 1. The molecule has 0 aromatic heterocycles. The molecule has 0 aromatic carbocycles. The second-order valence-corrected chi connectivity index (χ2v) is 7.97. The Labute approximate surface area is 124 Å². The van der Waals surface area contributed by atoms with E-state index in [1.54, 1.807) is 6.92 Å². The number of carbonyl (C=O) groups is 2. The van der Waals surface area contributed by atoms with E-state index in [9.17, 15) is 18.0 Å². The Morgan fingerprint density at radius 3 is 2.14 bits per heavy atom. The van der Waals surface area contributed by atoms with E-state index in [-0.39, 0.29) is 17.7 Å². The van der Waals surface area contributed by atoms with E-state index < -0.39 is 27.8 Å². The third kappa shape index (κ3) is 3.55. The van der Waals surface area contributed by atoms with Gasteiger partial charge in [-0.1, -0.05) is 0 Å². The fourth-order valence-electron chi connectivity index (χ4n) is 2.88. The number of carbonyl (C=O) groups excluding carboxylic acids is 1. The summed E-state index contributed by atoms with van der Waals surface area (Å²) < 4.78 is 24.9. The molecule has 2 atom stereocenters. The molecule has 0 aromatic rings. The van der Waals surface area contributed by atoms with E-state index in [2.05, 4.69) is 5.32 Å². The van der Waals surface area contributed by atoms with Crippen molar-refractivity contribution in [2.24, 2.45) is 11.8 Å². The average molecular weight is 318 g/mol. The molecule has 2 aliphatic rings. The van der Waals surface area contributed by atoms with Crippen molar-refractivity contribution in [2.45, 2.75) is 38.6 Å². The maximum Gasteiger partial charge on any atom is 0.307 e. The van der Waals surface area contributed by atoms with Crippen molar-refractivity contribution in [2.75, 3.05) is 18.8 Å². The first-order chi connectivity index (χ1) is 9.85. The molecule has 2 rings (SSSR count). The predicted molar refractivity (Wildman–Crippen MR) is 76.0 cm³/mol. The van der Waals surface area contributed by atoms with E-state index in [4.69, 9.17) is 5.11 Å². The molecule has 0 spiro atoms. The van der Waals surface area contributed by atoms with Gasteiger partial charge in [0, 0.05) is 19.1 Å². The van der Waals surface area contributed by atoms with Gasteiger partial charge in [-0.3, -0.25) is 9.59 Å². The number of hydrogen-bond donors (Lipinski definition) is 2. The predicted octanol–water partition coefficient (Wildman–Crippen LogP) is 0.0275. The molecule has 1 amide bonds. The molecule has 7 nitrogen and oxygen atoms in total. The number of carboxylic acid groups (broad SMARTS) is 1. The van der Waals surface area contributed by atoms with Crippen LogP contribution in [0.1, 0.15) is 32.6 Å². The fourth-order valence-corrected chi connectivity index (χ4v) is 4.01. The van der Waals surface area contributed by atoms with E-state index in [0.29, 0.717) is 38.8 Å². The van der Waals surface area contributed by atoms with Gasteiger partial charge in [0.05, 0.1) is 17.6 Å². The van der Waals surface area contributed by atoms with Crippen LogP contribution in [0.15, 0.2) is 0 Å². The van der Waals surface area contributed by atoms with Crippen LogP contribution in [0.4, 0.5) is 0 Å². The maximum atomic E-state index is 12.0. The molecule has 1 aliphatic heterocycles. The van der Waals surface area contributed by atoms with Gasteiger partial charge in [-0.15, -0.1) is 0 Å². The second-order valence-electron chi connectivity index (χ2n) is 5.71. The van der Waals surface area contributed by atoms with Crippen molar-refractivity contribution in [3.63, 3.8) is 0 Å². The molecule has 1 heterocycles. The third-order valence-electron chi connectivity index (χ3n) is 4.49. The lowest BCUT2D eigenvalue weighted by Gasteiger charge is -2.35. The zero-order valence-electron chi connectivity index (χ0n) is 12.1. The minimum absolute atomic E-state index is 0.0594. The van der Waals surface area contributed by atoms with Crippen molar-refractivity contribution in [3.05, 3.63) is 0 Å². The Hall–Kier alpha value is -1.15. The SMILES string of the molecule is CCS(=O)(=O)N1CCC(NC(=O)C2CCC2C(=O)O)CC1. The van der Waals surface area contributed by atoms with Gasteiger partial charge in [-0.2, -0.15) is 0 Å². The van der Waals surface area contributed by atoms with Gasteiger partial charge < -0.3 is 10.4 Å². The van der Waals surface area contributed by atoms with Gasteiger partial charge in [-0.25, -0.2) is 12.7 Å². The number of aliphatic carboxylic acids is 1. The molecule has 0 bridgehead atoms.